The standard InChI is InChI=1S/C23H23N7O.H2S/c1-14(16-4-3-5-17-18(23(31)25-2)7-9-27-22(16)17)12-28-21-11-19(29-13-30-21)15-6-8-26-20(24)10-15;/h3-11,13-14H,12H2,1-2H3,(H2,24,26)(H,25,31)(H,28,29,30);1H2/t14-;/m1./s1. The number of nitrogens with two attached hydrogens (primary N) is 1. The number of nitrogens with zero attached hydrogens (tertiary/aromatic N) is 4. The number of nitrogen functional groups attached to an aromatic ring is 1. The van der Waals surface area contributed by atoms with Gasteiger partial charge in [0.2, 0.25) is 0 Å². The van der Waals surface area contributed by atoms with Gasteiger partial charge in [0, 0.05) is 48.9 Å². The topological polar surface area (TPSA) is 119 Å². The third-order valence-electron chi connectivity index (χ3n) is 5.14. The van der Waals surface area contributed by atoms with Crippen LogP contribution in [0.3, 0.4) is 0 Å². The summed E-state index contributed by atoms with van der Waals surface area (Å²) in [6.45, 7) is 2.75. The highest BCUT2D eigenvalue weighted by molar-refractivity contribution is 7.59. The highest BCUT2D eigenvalue weighted by Gasteiger charge is 2.15. The van der Waals surface area contributed by atoms with E-state index in [-0.39, 0.29) is 25.3 Å². The quantitative estimate of drug-likeness (QED) is 0.415. The lowest BCUT2D eigenvalue weighted by Gasteiger charge is -2.16. The summed E-state index contributed by atoms with van der Waals surface area (Å²) in [6.07, 6.45) is 4.85. The van der Waals surface area contributed by atoms with E-state index in [1.807, 2.05) is 30.3 Å². The number of hydrogen-bond acceptors (Lipinski definition) is 7. The van der Waals surface area contributed by atoms with Crippen LogP contribution in [0.4, 0.5) is 11.6 Å². The summed E-state index contributed by atoms with van der Waals surface area (Å²) < 4.78 is 0. The molecular weight excluding hydrogens is 422 g/mol. The second-order valence-electron chi connectivity index (χ2n) is 7.22. The van der Waals surface area contributed by atoms with Gasteiger partial charge in [0.1, 0.15) is 18.0 Å². The minimum absolute atomic E-state index is 0. The van der Waals surface area contributed by atoms with Crippen molar-refractivity contribution in [3.8, 4) is 11.3 Å². The molecule has 4 aromatic rings. The molecule has 4 rings (SSSR count). The molecule has 0 unspecified atom stereocenters. The predicted molar refractivity (Wildman–Crippen MR) is 132 cm³/mol. The highest BCUT2D eigenvalue weighted by atomic mass is 32.1. The zero-order chi connectivity index (χ0) is 21.8. The van der Waals surface area contributed by atoms with Crippen LogP contribution in [-0.4, -0.2) is 39.4 Å². The fourth-order valence-electron chi connectivity index (χ4n) is 3.52. The van der Waals surface area contributed by atoms with Crippen molar-refractivity contribution in [2.75, 3.05) is 24.6 Å². The van der Waals surface area contributed by atoms with Crippen molar-refractivity contribution in [2.45, 2.75) is 12.8 Å². The highest BCUT2D eigenvalue weighted by Crippen LogP contribution is 2.27. The van der Waals surface area contributed by atoms with E-state index in [0.29, 0.717) is 23.7 Å². The van der Waals surface area contributed by atoms with Gasteiger partial charge in [0.15, 0.2) is 0 Å². The van der Waals surface area contributed by atoms with E-state index in [1.165, 1.54) is 6.33 Å². The number of para-hydroxylation sites is 1. The molecule has 32 heavy (non-hydrogen) atoms. The summed E-state index contributed by atoms with van der Waals surface area (Å²) in [5, 5.41) is 6.90. The van der Waals surface area contributed by atoms with Gasteiger partial charge in [0.05, 0.1) is 16.8 Å². The van der Waals surface area contributed by atoms with Crippen LogP contribution in [-0.2, 0) is 0 Å². The minimum atomic E-state index is -0.124. The first kappa shape index (κ1) is 23.0. The normalized spacial score (nSPS) is 11.4. The number of carbonyl (C=O) groups is 1. The van der Waals surface area contributed by atoms with Crippen LogP contribution in [0.2, 0.25) is 0 Å². The van der Waals surface area contributed by atoms with Crippen molar-refractivity contribution in [3.05, 3.63) is 72.3 Å². The summed E-state index contributed by atoms with van der Waals surface area (Å²) in [4.78, 5) is 29.4. The fourth-order valence-corrected chi connectivity index (χ4v) is 3.52. The molecular formula is C23H25N7OS. The van der Waals surface area contributed by atoms with Crippen LogP contribution in [0.25, 0.3) is 22.2 Å². The lowest BCUT2D eigenvalue weighted by Crippen LogP contribution is -2.18. The van der Waals surface area contributed by atoms with E-state index in [9.17, 15) is 4.79 Å². The minimum Gasteiger partial charge on any atom is -0.384 e. The Morgan fingerprint density at radius 2 is 1.88 bits per heavy atom. The molecule has 1 amide bonds. The zero-order valence-electron chi connectivity index (χ0n) is 17.8. The van der Waals surface area contributed by atoms with Crippen LogP contribution < -0.4 is 16.4 Å². The smallest absolute Gasteiger partial charge is 0.251 e. The van der Waals surface area contributed by atoms with Crippen molar-refractivity contribution in [1.29, 1.82) is 0 Å². The van der Waals surface area contributed by atoms with E-state index in [0.717, 1.165) is 27.7 Å². The van der Waals surface area contributed by atoms with Gasteiger partial charge in [-0.1, -0.05) is 25.1 Å². The van der Waals surface area contributed by atoms with Gasteiger partial charge in [-0.3, -0.25) is 9.78 Å². The molecule has 9 heteroatoms. The van der Waals surface area contributed by atoms with Gasteiger partial charge in [-0.15, -0.1) is 0 Å². The summed E-state index contributed by atoms with van der Waals surface area (Å²) in [7, 11) is 1.63. The Hall–Kier alpha value is -3.72. The molecule has 164 valence electrons. The van der Waals surface area contributed by atoms with Crippen molar-refractivity contribution in [3.63, 3.8) is 0 Å². The number of anilines is 2. The van der Waals surface area contributed by atoms with Crippen molar-refractivity contribution in [2.24, 2.45) is 0 Å². The molecule has 0 aliphatic rings. The van der Waals surface area contributed by atoms with Gasteiger partial charge < -0.3 is 16.4 Å². The average molecular weight is 448 g/mol. The monoisotopic (exact) mass is 447 g/mol. The summed E-state index contributed by atoms with van der Waals surface area (Å²) >= 11 is 0. The maximum atomic E-state index is 12.2. The van der Waals surface area contributed by atoms with Crippen molar-refractivity contribution >= 4 is 41.9 Å². The Kier molecular flexibility index (Phi) is 7.21. The number of aromatic nitrogens is 4. The van der Waals surface area contributed by atoms with E-state index in [4.69, 9.17) is 5.73 Å². The maximum absolute atomic E-state index is 12.2. The molecule has 1 aromatic carbocycles. The van der Waals surface area contributed by atoms with Gasteiger partial charge in [-0.2, -0.15) is 13.5 Å². The molecule has 0 spiro atoms. The molecule has 0 aliphatic heterocycles. The molecule has 1 atom stereocenters. The first-order valence-electron chi connectivity index (χ1n) is 9.94. The lowest BCUT2D eigenvalue weighted by atomic mass is 9.96. The van der Waals surface area contributed by atoms with E-state index in [2.05, 4.69) is 37.5 Å². The van der Waals surface area contributed by atoms with Gasteiger partial charge in [0.25, 0.3) is 5.91 Å². The second kappa shape index (κ2) is 10.1. The first-order valence-corrected chi connectivity index (χ1v) is 9.94. The first-order chi connectivity index (χ1) is 15.1. The third kappa shape index (κ3) is 4.78. The van der Waals surface area contributed by atoms with Gasteiger partial charge in [-0.05, 0) is 23.8 Å². The molecule has 0 fully saturated rings. The number of benzene rings is 1. The Bertz CT molecular complexity index is 1250. The van der Waals surface area contributed by atoms with Crippen LogP contribution >= 0.6 is 13.5 Å². The number of fused-ring (bicyclic) bond motifs is 1. The Morgan fingerprint density at radius 3 is 2.66 bits per heavy atom. The average Bonchev–Trinajstić information content (AvgIpc) is 2.81. The van der Waals surface area contributed by atoms with Gasteiger partial charge in [-0.25, -0.2) is 15.0 Å². The largest absolute Gasteiger partial charge is 0.384 e. The molecule has 0 bridgehead atoms. The van der Waals surface area contributed by atoms with Crippen molar-refractivity contribution < 1.29 is 4.79 Å². The third-order valence-corrected chi connectivity index (χ3v) is 5.14. The Balaban J connectivity index is 0.00000289. The van der Waals surface area contributed by atoms with Crippen LogP contribution in [0.15, 0.2) is 61.2 Å². The molecule has 8 nitrogen and oxygen atoms in total. The molecule has 0 radical (unpaired) electrons. The summed E-state index contributed by atoms with van der Waals surface area (Å²) in [5.74, 6) is 1.16. The molecule has 0 saturated carbocycles. The fraction of sp³-hybridized carbons (Fsp3) is 0.174. The molecule has 4 N–H and O–H groups in total. The number of rotatable bonds is 6. The predicted octanol–water partition coefficient (Wildman–Crippen LogP) is 3.36. The SMILES string of the molecule is CNC(=O)c1ccnc2c([C@H](C)CNc3cc(-c4ccnc(N)c4)ncn3)cccc12.S. The second-order valence-corrected chi connectivity index (χ2v) is 7.22. The van der Waals surface area contributed by atoms with E-state index >= 15 is 0 Å². The number of hydrogen-bond donors (Lipinski definition) is 3. The summed E-state index contributed by atoms with van der Waals surface area (Å²) in [5.41, 5.74) is 9.93. The van der Waals surface area contributed by atoms with Crippen LogP contribution in [0.1, 0.15) is 28.8 Å². The van der Waals surface area contributed by atoms with Crippen LogP contribution in [0, 0.1) is 0 Å². The Labute approximate surface area is 193 Å². The number of pyridine rings is 2. The van der Waals surface area contributed by atoms with E-state index in [1.54, 1.807) is 31.6 Å². The lowest BCUT2D eigenvalue weighted by molar-refractivity contribution is 0.0964. The molecule has 3 aromatic heterocycles. The van der Waals surface area contributed by atoms with E-state index < -0.39 is 0 Å². The van der Waals surface area contributed by atoms with Crippen molar-refractivity contribution in [1.82, 2.24) is 25.3 Å². The number of carbonyl (C=O) groups excluding carboxylic acids is 1. The zero-order valence-corrected chi connectivity index (χ0v) is 18.8. The Morgan fingerprint density at radius 1 is 1.06 bits per heavy atom. The summed E-state index contributed by atoms with van der Waals surface area (Å²) in [6, 6.07) is 13.2. The number of nitrogens with one attached hydrogen (secondary N) is 2. The number of amides is 1. The molecule has 0 aliphatic carbocycles. The maximum Gasteiger partial charge on any atom is 0.251 e. The molecule has 3 heterocycles. The van der Waals surface area contributed by atoms with Crippen LogP contribution in [0.5, 0.6) is 0 Å². The van der Waals surface area contributed by atoms with Gasteiger partial charge >= 0.3 is 0 Å². The molecule has 0 saturated heterocycles.